The maximum absolute atomic E-state index is 5.44. The average molecular weight is 205 g/mol. The topological polar surface area (TPSA) is 18.5 Å². The van der Waals surface area contributed by atoms with Crippen LogP contribution >= 0.6 is 0 Å². The van der Waals surface area contributed by atoms with E-state index >= 15 is 0 Å². The van der Waals surface area contributed by atoms with E-state index in [1.165, 1.54) is 0 Å². The van der Waals surface area contributed by atoms with Crippen LogP contribution in [0.15, 0.2) is 30.9 Å². The zero-order valence-electron chi connectivity index (χ0n) is 9.16. The van der Waals surface area contributed by atoms with Crippen molar-refractivity contribution >= 4 is 0 Å². The lowest BCUT2D eigenvalue weighted by Crippen LogP contribution is -1.99. The van der Waals surface area contributed by atoms with Crippen molar-refractivity contribution in [1.29, 1.82) is 0 Å². The van der Waals surface area contributed by atoms with Crippen molar-refractivity contribution in [3.63, 3.8) is 0 Å². The van der Waals surface area contributed by atoms with Crippen LogP contribution in [-0.4, -0.2) is 13.2 Å². The Balaban J connectivity index is 2.91. The standard InChI is InChI=1S/C13H17O2/c1-4-7-11-8-9-12(14-5-2)13(10-11)15-6-3/h4,8-10H,1,3,5-7H2,2H3. The zero-order valence-corrected chi connectivity index (χ0v) is 9.16. The van der Waals surface area contributed by atoms with Crippen LogP contribution in [0.5, 0.6) is 11.5 Å². The predicted molar refractivity (Wildman–Crippen MR) is 62.4 cm³/mol. The zero-order chi connectivity index (χ0) is 11.1. The second-order valence-corrected chi connectivity index (χ2v) is 3.06. The minimum Gasteiger partial charge on any atom is -0.490 e. The molecule has 0 atom stereocenters. The molecule has 0 aliphatic carbocycles. The first-order valence-corrected chi connectivity index (χ1v) is 5.10. The SMILES string of the molecule is [CH2]COc1cc(CC=C)ccc1OCC. The van der Waals surface area contributed by atoms with E-state index in [0.29, 0.717) is 13.2 Å². The fourth-order valence-electron chi connectivity index (χ4n) is 1.34. The molecular formula is C13H17O2. The number of allylic oxidation sites excluding steroid dienone is 1. The van der Waals surface area contributed by atoms with E-state index in [1.54, 1.807) is 0 Å². The predicted octanol–water partition coefficient (Wildman–Crippen LogP) is 3.03. The van der Waals surface area contributed by atoms with E-state index in [4.69, 9.17) is 9.47 Å². The second kappa shape index (κ2) is 6.12. The molecular weight excluding hydrogens is 188 g/mol. The first-order valence-electron chi connectivity index (χ1n) is 5.10. The highest BCUT2D eigenvalue weighted by Gasteiger charge is 2.04. The summed E-state index contributed by atoms with van der Waals surface area (Å²) in [5.74, 6) is 1.53. The van der Waals surface area contributed by atoms with E-state index in [0.717, 1.165) is 23.5 Å². The van der Waals surface area contributed by atoms with Crippen LogP contribution < -0.4 is 9.47 Å². The smallest absolute Gasteiger partial charge is 0.161 e. The number of hydrogen-bond donors (Lipinski definition) is 0. The fraction of sp³-hybridized carbons (Fsp3) is 0.308. The summed E-state index contributed by atoms with van der Waals surface area (Å²) in [5, 5.41) is 0. The lowest BCUT2D eigenvalue weighted by atomic mass is 10.1. The van der Waals surface area contributed by atoms with Crippen molar-refractivity contribution in [2.24, 2.45) is 0 Å². The normalized spacial score (nSPS) is 9.73. The highest BCUT2D eigenvalue weighted by atomic mass is 16.5. The number of rotatable bonds is 6. The molecule has 2 nitrogen and oxygen atoms in total. The van der Waals surface area contributed by atoms with Gasteiger partial charge in [0.05, 0.1) is 13.2 Å². The van der Waals surface area contributed by atoms with Gasteiger partial charge < -0.3 is 9.47 Å². The molecule has 0 saturated heterocycles. The summed E-state index contributed by atoms with van der Waals surface area (Å²) in [7, 11) is 0. The molecule has 0 fully saturated rings. The molecule has 0 N–H and O–H groups in total. The molecule has 0 amide bonds. The average Bonchev–Trinajstić information content (AvgIpc) is 2.23. The highest BCUT2D eigenvalue weighted by molar-refractivity contribution is 5.43. The van der Waals surface area contributed by atoms with Gasteiger partial charge in [-0.2, -0.15) is 0 Å². The summed E-state index contributed by atoms with van der Waals surface area (Å²) in [4.78, 5) is 0. The van der Waals surface area contributed by atoms with Gasteiger partial charge in [-0.05, 0) is 38.0 Å². The van der Waals surface area contributed by atoms with Crippen molar-refractivity contribution in [1.82, 2.24) is 0 Å². The van der Waals surface area contributed by atoms with E-state index in [9.17, 15) is 0 Å². The van der Waals surface area contributed by atoms with Crippen LogP contribution in [0.3, 0.4) is 0 Å². The molecule has 2 heteroatoms. The Bertz CT molecular complexity index is 318. The van der Waals surface area contributed by atoms with Crippen molar-refractivity contribution in [2.75, 3.05) is 13.2 Å². The molecule has 1 radical (unpaired) electrons. The fourth-order valence-corrected chi connectivity index (χ4v) is 1.34. The van der Waals surface area contributed by atoms with E-state index in [1.807, 2.05) is 31.2 Å². The van der Waals surface area contributed by atoms with E-state index < -0.39 is 0 Å². The quantitative estimate of drug-likeness (QED) is 0.664. The minimum atomic E-state index is 0.400. The summed E-state index contributed by atoms with van der Waals surface area (Å²) in [5.41, 5.74) is 1.16. The third-order valence-electron chi connectivity index (χ3n) is 1.95. The lowest BCUT2D eigenvalue weighted by Gasteiger charge is -2.11. The molecule has 0 aliphatic rings. The van der Waals surface area contributed by atoms with Gasteiger partial charge in [0, 0.05) is 0 Å². The summed E-state index contributed by atoms with van der Waals surface area (Å²) in [6.45, 7) is 10.3. The summed E-state index contributed by atoms with van der Waals surface area (Å²) in [6, 6.07) is 5.91. The van der Waals surface area contributed by atoms with Crippen molar-refractivity contribution < 1.29 is 9.47 Å². The molecule has 0 heterocycles. The number of benzene rings is 1. The molecule has 1 aromatic carbocycles. The summed E-state index contributed by atoms with van der Waals surface area (Å²) in [6.07, 6.45) is 2.70. The molecule has 1 rings (SSSR count). The molecule has 0 aromatic heterocycles. The Morgan fingerprint density at radius 1 is 1.27 bits per heavy atom. The van der Waals surface area contributed by atoms with Crippen LogP contribution in [0.2, 0.25) is 0 Å². The van der Waals surface area contributed by atoms with Crippen molar-refractivity contribution in [3.05, 3.63) is 43.3 Å². The molecule has 1 aromatic rings. The van der Waals surface area contributed by atoms with Crippen LogP contribution in [0.1, 0.15) is 12.5 Å². The Hall–Kier alpha value is -1.44. The maximum Gasteiger partial charge on any atom is 0.161 e. The van der Waals surface area contributed by atoms with E-state index in [-0.39, 0.29) is 0 Å². The molecule has 0 aliphatic heterocycles. The van der Waals surface area contributed by atoms with Gasteiger partial charge in [-0.25, -0.2) is 0 Å². The monoisotopic (exact) mass is 205 g/mol. The largest absolute Gasteiger partial charge is 0.490 e. The van der Waals surface area contributed by atoms with Crippen molar-refractivity contribution in [3.8, 4) is 11.5 Å². The van der Waals surface area contributed by atoms with Gasteiger partial charge in [-0.15, -0.1) is 6.58 Å². The third kappa shape index (κ3) is 3.31. The van der Waals surface area contributed by atoms with Gasteiger partial charge in [-0.1, -0.05) is 12.1 Å². The van der Waals surface area contributed by atoms with Crippen LogP contribution in [-0.2, 0) is 6.42 Å². The van der Waals surface area contributed by atoms with Gasteiger partial charge in [0.2, 0.25) is 0 Å². The summed E-state index contributed by atoms with van der Waals surface area (Å²) < 4.78 is 10.9. The Labute approximate surface area is 91.5 Å². The molecule has 0 bridgehead atoms. The minimum absolute atomic E-state index is 0.400. The number of hydrogen-bond acceptors (Lipinski definition) is 2. The van der Waals surface area contributed by atoms with E-state index in [2.05, 4.69) is 13.5 Å². The third-order valence-corrected chi connectivity index (χ3v) is 1.95. The van der Waals surface area contributed by atoms with Gasteiger partial charge in [0.1, 0.15) is 0 Å². The number of ether oxygens (including phenoxy) is 2. The second-order valence-electron chi connectivity index (χ2n) is 3.06. The Morgan fingerprint density at radius 3 is 2.67 bits per heavy atom. The van der Waals surface area contributed by atoms with Gasteiger partial charge in [-0.3, -0.25) is 0 Å². The Morgan fingerprint density at radius 2 is 2.07 bits per heavy atom. The van der Waals surface area contributed by atoms with Crippen molar-refractivity contribution in [2.45, 2.75) is 13.3 Å². The first kappa shape index (κ1) is 11.6. The van der Waals surface area contributed by atoms with Gasteiger partial charge >= 0.3 is 0 Å². The lowest BCUT2D eigenvalue weighted by molar-refractivity contribution is 0.296. The highest BCUT2D eigenvalue weighted by Crippen LogP contribution is 2.28. The molecule has 0 unspecified atom stereocenters. The van der Waals surface area contributed by atoms with Crippen LogP contribution in [0.25, 0.3) is 0 Å². The maximum atomic E-state index is 5.44. The molecule has 0 spiro atoms. The first-order chi connectivity index (χ1) is 7.31. The van der Waals surface area contributed by atoms with Crippen LogP contribution in [0.4, 0.5) is 0 Å². The van der Waals surface area contributed by atoms with Gasteiger partial charge in [0.25, 0.3) is 0 Å². The molecule has 0 saturated carbocycles. The summed E-state index contributed by atoms with van der Waals surface area (Å²) >= 11 is 0. The molecule has 15 heavy (non-hydrogen) atoms. The Kier molecular flexibility index (Phi) is 4.75. The van der Waals surface area contributed by atoms with Gasteiger partial charge in [0.15, 0.2) is 11.5 Å². The van der Waals surface area contributed by atoms with Crippen LogP contribution in [0, 0.1) is 6.92 Å². The molecule has 81 valence electrons.